The van der Waals surface area contributed by atoms with Crippen LogP contribution in [0.3, 0.4) is 0 Å². The lowest BCUT2D eigenvalue weighted by Crippen LogP contribution is -2.38. The number of aliphatic imine (C=N–C) groups is 1. The summed E-state index contributed by atoms with van der Waals surface area (Å²) in [5.74, 6) is 1.62. The summed E-state index contributed by atoms with van der Waals surface area (Å²) in [6.07, 6.45) is 8.19. The minimum absolute atomic E-state index is 0. The average molecular weight is 476 g/mol. The van der Waals surface area contributed by atoms with E-state index >= 15 is 0 Å². The molecule has 0 heterocycles. The highest BCUT2D eigenvalue weighted by Gasteiger charge is 2.00. The van der Waals surface area contributed by atoms with E-state index in [0.29, 0.717) is 19.5 Å². The van der Waals surface area contributed by atoms with Crippen molar-refractivity contribution in [2.45, 2.75) is 59.3 Å². The van der Waals surface area contributed by atoms with Gasteiger partial charge in [-0.15, -0.1) is 24.0 Å². The quantitative estimate of drug-likeness (QED) is 0.165. The standard InChI is InChI=1S/C16H36N4O2S.HI/c1-5-17-16(19-13-10-14-20-23(4,21)22)18-12-9-7-6-8-11-15(2)3;/h15,20H,5-14H2,1-4H3,(H2,17,18,19);1H. The zero-order valence-electron chi connectivity index (χ0n) is 15.7. The average Bonchev–Trinajstić information content (AvgIpc) is 2.44. The van der Waals surface area contributed by atoms with Crippen LogP contribution in [0.1, 0.15) is 59.3 Å². The van der Waals surface area contributed by atoms with Gasteiger partial charge < -0.3 is 10.6 Å². The van der Waals surface area contributed by atoms with Crippen LogP contribution in [-0.4, -0.2) is 46.8 Å². The summed E-state index contributed by atoms with van der Waals surface area (Å²) in [5, 5.41) is 6.53. The van der Waals surface area contributed by atoms with Gasteiger partial charge in [-0.2, -0.15) is 0 Å². The number of unbranched alkanes of at least 4 members (excludes halogenated alkanes) is 3. The number of hydrogen-bond acceptors (Lipinski definition) is 3. The maximum Gasteiger partial charge on any atom is 0.208 e. The van der Waals surface area contributed by atoms with Crippen LogP contribution in [0.4, 0.5) is 0 Å². The van der Waals surface area contributed by atoms with Crippen molar-refractivity contribution in [1.29, 1.82) is 0 Å². The van der Waals surface area contributed by atoms with Crippen molar-refractivity contribution in [3.8, 4) is 0 Å². The molecule has 0 aromatic heterocycles. The predicted octanol–water partition coefficient (Wildman–Crippen LogP) is 2.71. The van der Waals surface area contributed by atoms with Crippen LogP contribution in [0.2, 0.25) is 0 Å². The van der Waals surface area contributed by atoms with Crippen molar-refractivity contribution >= 4 is 40.0 Å². The molecule has 0 aromatic rings. The zero-order chi connectivity index (χ0) is 17.6. The third-order valence-electron chi connectivity index (χ3n) is 3.31. The highest BCUT2D eigenvalue weighted by atomic mass is 127. The van der Waals surface area contributed by atoms with Gasteiger partial charge in [-0.1, -0.05) is 39.5 Å². The summed E-state index contributed by atoms with van der Waals surface area (Å²) in [6.45, 7) is 9.35. The number of rotatable bonds is 13. The van der Waals surface area contributed by atoms with E-state index < -0.39 is 10.0 Å². The molecule has 24 heavy (non-hydrogen) atoms. The van der Waals surface area contributed by atoms with Gasteiger partial charge in [0.1, 0.15) is 0 Å². The summed E-state index contributed by atoms with van der Waals surface area (Å²) in [4.78, 5) is 4.45. The van der Waals surface area contributed by atoms with E-state index in [9.17, 15) is 8.42 Å². The van der Waals surface area contributed by atoms with Crippen LogP contribution in [0, 0.1) is 5.92 Å². The van der Waals surface area contributed by atoms with Gasteiger partial charge in [0, 0.05) is 26.2 Å². The monoisotopic (exact) mass is 476 g/mol. The molecule has 0 aromatic carbocycles. The third kappa shape index (κ3) is 20.0. The van der Waals surface area contributed by atoms with E-state index in [2.05, 4.69) is 34.2 Å². The molecule has 0 radical (unpaired) electrons. The normalized spacial score (nSPS) is 12.1. The third-order valence-corrected chi connectivity index (χ3v) is 4.04. The number of halogens is 1. The number of sulfonamides is 1. The summed E-state index contributed by atoms with van der Waals surface area (Å²) in [5.41, 5.74) is 0. The molecule has 0 aliphatic rings. The minimum Gasteiger partial charge on any atom is -0.357 e. The van der Waals surface area contributed by atoms with Gasteiger partial charge in [0.2, 0.25) is 10.0 Å². The molecule has 8 heteroatoms. The SMILES string of the molecule is CCNC(=NCCCNS(C)(=O)=O)NCCCCCCC(C)C.I. The Morgan fingerprint density at radius 1 is 1.00 bits per heavy atom. The Kier molecular flexibility index (Phi) is 17.8. The second-order valence-electron chi connectivity index (χ2n) is 6.30. The lowest BCUT2D eigenvalue weighted by atomic mass is 10.0. The number of hydrogen-bond donors (Lipinski definition) is 3. The largest absolute Gasteiger partial charge is 0.357 e. The van der Waals surface area contributed by atoms with E-state index in [1.165, 1.54) is 31.9 Å². The molecule has 0 fully saturated rings. The Morgan fingerprint density at radius 2 is 1.67 bits per heavy atom. The van der Waals surface area contributed by atoms with Crippen molar-refractivity contribution in [3.63, 3.8) is 0 Å². The van der Waals surface area contributed by atoms with Crippen LogP contribution in [0.25, 0.3) is 0 Å². The molecular formula is C16H37IN4O2S. The van der Waals surface area contributed by atoms with E-state index in [4.69, 9.17) is 0 Å². The van der Waals surface area contributed by atoms with Gasteiger partial charge in [0.15, 0.2) is 5.96 Å². The molecule has 0 rings (SSSR count). The Morgan fingerprint density at radius 3 is 2.25 bits per heavy atom. The summed E-state index contributed by atoms with van der Waals surface area (Å²) >= 11 is 0. The fraction of sp³-hybridized carbons (Fsp3) is 0.938. The minimum atomic E-state index is -3.10. The topological polar surface area (TPSA) is 82.6 Å². The van der Waals surface area contributed by atoms with Crippen molar-refractivity contribution in [2.75, 3.05) is 32.4 Å². The first-order valence-corrected chi connectivity index (χ1v) is 10.7. The van der Waals surface area contributed by atoms with Gasteiger partial charge in [0.05, 0.1) is 6.26 Å². The fourth-order valence-corrected chi connectivity index (χ4v) is 2.62. The lowest BCUT2D eigenvalue weighted by molar-refractivity contribution is 0.518. The van der Waals surface area contributed by atoms with Crippen molar-refractivity contribution in [1.82, 2.24) is 15.4 Å². The molecule has 0 bridgehead atoms. The van der Waals surface area contributed by atoms with Crippen LogP contribution < -0.4 is 15.4 Å². The van der Waals surface area contributed by atoms with Crippen LogP contribution in [0.15, 0.2) is 4.99 Å². The number of nitrogens with one attached hydrogen (secondary N) is 3. The first-order chi connectivity index (χ1) is 10.8. The Hall–Kier alpha value is -0.0900. The molecule has 0 amide bonds. The van der Waals surface area contributed by atoms with E-state index in [-0.39, 0.29) is 24.0 Å². The Labute approximate surface area is 166 Å². The van der Waals surface area contributed by atoms with Gasteiger partial charge in [0.25, 0.3) is 0 Å². The molecule has 146 valence electrons. The van der Waals surface area contributed by atoms with Crippen molar-refractivity contribution < 1.29 is 8.42 Å². The molecule has 0 spiro atoms. The van der Waals surface area contributed by atoms with E-state index in [1.54, 1.807) is 0 Å². The van der Waals surface area contributed by atoms with E-state index in [0.717, 1.165) is 31.4 Å². The smallest absolute Gasteiger partial charge is 0.208 e. The van der Waals surface area contributed by atoms with Crippen LogP contribution >= 0.6 is 24.0 Å². The predicted molar refractivity (Wildman–Crippen MR) is 115 cm³/mol. The first kappa shape index (κ1) is 26.1. The highest BCUT2D eigenvalue weighted by molar-refractivity contribution is 14.0. The fourth-order valence-electron chi connectivity index (χ4n) is 2.11. The highest BCUT2D eigenvalue weighted by Crippen LogP contribution is 2.08. The molecule has 0 atom stereocenters. The molecular weight excluding hydrogens is 439 g/mol. The second-order valence-corrected chi connectivity index (χ2v) is 8.14. The second kappa shape index (κ2) is 16.4. The van der Waals surface area contributed by atoms with Crippen LogP contribution in [-0.2, 0) is 10.0 Å². The maximum absolute atomic E-state index is 10.9. The maximum atomic E-state index is 10.9. The molecule has 0 aliphatic heterocycles. The summed E-state index contributed by atoms with van der Waals surface area (Å²) < 4.78 is 24.4. The van der Waals surface area contributed by atoms with Gasteiger partial charge in [-0.05, 0) is 25.7 Å². The van der Waals surface area contributed by atoms with Gasteiger partial charge in [-0.25, -0.2) is 13.1 Å². The number of nitrogens with zero attached hydrogens (tertiary/aromatic N) is 1. The zero-order valence-corrected chi connectivity index (χ0v) is 18.9. The van der Waals surface area contributed by atoms with Crippen LogP contribution in [0.5, 0.6) is 0 Å². The molecule has 3 N–H and O–H groups in total. The lowest BCUT2D eigenvalue weighted by Gasteiger charge is -2.11. The summed E-state index contributed by atoms with van der Waals surface area (Å²) in [7, 11) is -3.10. The Balaban J connectivity index is 0. The molecule has 0 unspecified atom stereocenters. The molecule has 0 saturated heterocycles. The van der Waals surface area contributed by atoms with Gasteiger partial charge >= 0.3 is 0 Å². The molecule has 0 saturated carbocycles. The number of guanidine groups is 1. The molecule has 0 aliphatic carbocycles. The first-order valence-electron chi connectivity index (χ1n) is 8.82. The van der Waals surface area contributed by atoms with Crippen molar-refractivity contribution in [3.05, 3.63) is 0 Å². The van der Waals surface area contributed by atoms with E-state index in [1.807, 2.05) is 6.92 Å². The van der Waals surface area contributed by atoms with Crippen molar-refractivity contribution in [2.24, 2.45) is 10.9 Å². The summed E-state index contributed by atoms with van der Waals surface area (Å²) in [6, 6.07) is 0. The Bertz CT molecular complexity index is 414. The molecule has 6 nitrogen and oxygen atoms in total. The van der Waals surface area contributed by atoms with Gasteiger partial charge in [-0.3, -0.25) is 4.99 Å².